The van der Waals surface area contributed by atoms with E-state index < -0.39 is 0 Å². The minimum atomic E-state index is -0.238. The van der Waals surface area contributed by atoms with Crippen LogP contribution in [0.5, 0.6) is 0 Å². The van der Waals surface area contributed by atoms with E-state index in [1.54, 1.807) is 18.0 Å². The van der Waals surface area contributed by atoms with Gasteiger partial charge in [0, 0.05) is 19.5 Å². The monoisotopic (exact) mass is 252 g/mol. The van der Waals surface area contributed by atoms with Crippen molar-refractivity contribution < 1.29 is 9.18 Å². The molecule has 1 aromatic carbocycles. The molecule has 0 bridgehead atoms. The predicted molar refractivity (Wildman–Crippen MR) is 70.6 cm³/mol. The van der Waals surface area contributed by atoms with Crippen LogP contribution in [0.1, 0.15) is 18.9 Å². The summed E-state index contributed by atoms with van der Waals surface area (Å²) in [5.41, 5.74) is 6.34. The number of benzene rings is 1. The van der Waals surface area contributed by atoms with Gasteiger partial charge in [0.15, 0.2) is 0 Å². The predicted octanol–water partition coefficient (Wildman–Crippen LogP) is 1.81. The molecule has 1 rings (SSSR count). The molecule has 1 aromatic rings. The lowest BCUT2D eigenvalue weighted by Crippen LogP contribution is -2.34. The molecule has 0 saturated carbocycles. The molecule has 1 amide bonds. The number of nitrogens with two attached hydrogens (primary N) is 1. The lowest BCUT2D eigenvalue weighted by atomic mass is 10.1. The number of hydrogen-bond acceptors (Lipinski definition) is 2. The number of nitrogens with zero attached hydrogens (tertiary/aromatic N) is 1. The van der Waals surface area contributed by atoms with Crippen LogP contribution >= 0.6 is 0 Å². The van der Waals surface area contributed by atoms with Crippen LogP contribution < -0.4 is 5.73 Å². The first kappa shape index (κ1) is 14.6. The van der Waals surface area contributed by atoms with Crippen LogP contribution in [0.3, 0.4) is 0 Å². The van der Waals surface area contributed by atoms with Crippen LogP contribution in [-0.4, -0.2) is 30.9 Å². The second kappa shape index (κ2) is 7.11. The van der Waals surface area contributed by atoms with Crippen molar-refractivity contribution in [3.8, 4) is 0 Å². The fourth-order valence-electron chi connectivity index (χ4n) is 1.85. The summed E-state index contributed by atoms with van der Waals surface area (Å²) in [5, 5.41) is 0. The van der Waals surface area contributed by atoms with E-state index in [2.05, 4.69) is 0 Å². The Morgan fingerprint density at radius 2 is 2.22 bits per heavy atom. The number of carbonyl (C=O) groups excluding carboxylic acids is 1. The Kier molecular flexibility index (Phi) is 5.78. The van der Waals surface area contributed by atoms with Gasteiger partial charge in [-0.15, -0.1) is 0 Å². The molecule has 0 aliphatic heterocycles. The molecular weight excluding hydrogens is 231 g/mol. The molecule has 100 valence electrons. The summed E-state index contributed by atoms with van der Waals surface area (Å²) in [5.74, 6) is -0.192. The van der Waals surface area contributed by atoms with Crippen molar-refractivity contribution in [1.82, 2.24) is 4.90 Å². The molecular formula is C14H21FN2O. The number of rotatable bonds is 6. The van der Waals surface area contributed by atoms with E-state index >= 15 is 0 Å². The summed E-state index contributed by atoms with van der Waals surface area (Å²) >= 11 is 0. The van der Waals surface area contributed by atoms with Gasteiger partial charge in [-0.1, -0.05) is 19.1 Å². The van der Waals surface area contributed by atoms with E-state index in [9.17, 15) is 9.18 Å². The van der Waals surface area contributed by atoms with E-state index in [4.69, 9.17) is 5.73 Å². The maximum atomic E-state index is 13.0. The van der Waals surface area contributed by atoms with Gasteiger partial charge in [-0.2, -0.15) is 0 Å². The molecule has 0 saturated heterocycles. The van der Waals surface area contributed by atoms with Crippen LogP contribution in [0.15, 0.2) is 24.3 Å². The summed E-state index contributed by atoms with van der Waals surface area (Å²) < 4.78 is 13.0. The minimum Gasteiger partial charge on any atom is -0.345 e. The van der Waals surface area contributed by atoms with Gasteiger partial charge in [-0.05, 0) is 37.1 Å². The number of carbonyl (C=O) groups is 1. The first-order valence-electron chi connectivity index (χ1n) is 6.24. The molecule has 0 heterocycles. The Bertz CT molecular complexity index is 395. The van der Waals surface area contributed by atoms with Gasteiger partial charge in [-0.25, -0.2) is 4.39 Å². The second-order valence-electron chi connectivity index (χ2n) is 4.62. The van der Waals surface area contributed by atoms with Crippen LogP contribution in [0.4, 0.5) is 4.39 Å². The lowest BCUT2D eigenvalue weighted by Gasteiger charge is -2.21. The van der Waals surface area contributed by atoms with Gasteiger partial charge < -0.3 is 10.6 Å². The highest BCUT2D eigenvalue weighted by Gasteiger charge is 2.16. The van der Waals surface area contributed by atoms with Crippen molar-refractivity contribution in [1.29, 1.82) is 0 Å². The lowest BCUT2D eigenvalue weighted by molar-refractivity contribution is -0.133. The van der Waals surface area contributed by atoms with Crippen molar-refractivity contribution in [3.05, 3.63) is 35.6 Å². The number of halogens is 1. The van der Waals surface area contributed by atoms with Crippen molar-refractivity contribution >= 4 is 5.91 Å². The Morgan fingerprint density at radius 3 is 2.83 bits per heavy atom. The topological polar surface area (TPSA) is 46.3 Å². The number of hydrogen-bond donors (Lipinski definition) is 1. The van der Waals surface area contributed by atoms with E-state index in [0.29, 0.717) is 25.9 Å². The van der Waals surface area contributed by atoms with Crippen LogP contribution in [-0.2, 0) is 11.2 Å². The summed E-state index contributed by atoms with van der Waals surface area (Å²) in [7, 11) is 1.77. The Hall–Kier alpha value is -1.42. The summed E-state index contributed by atoms with van der Waals surface area (Å²) in [6.45, 7) is 3.00. The first-order chi connectivity index (χ1) is 8.54. The molecule has 1 unspecified atom stereocenters. The van der Waals surface area contributed by atoms with Crippen molar-refractivity contribution in [3.63, 3.8) is 0 Å². The number of amides is 1. The SMILES string of the molecule is CC(CCN)C(=O)N(C)CCc1cccc(F)c1. The highest BCUT2D eigenvalue weighted by Crippen LogP contribution is 2.08. The molecule has 3 nitrogen and oxygen atoms in total. The van der Waals surface area contributed by atoms with Crippen LogP contribution in [0, 0.1) is 11.7 Å². The largest absolute Gasteiger partial charge is 0.345 e. The Balaban J connectivity index is 2.45. The van der Waals surface area contributed by atoms with Crippen molar-refractivity contribution in [2.24, 2.45) is 11.7 Å². The van der Waals surface area contributed by atoms with E-state index in [1.807, 2.05) is 13.0 Å². The van der Waals surface area contributed by atoms with Gasteiger partial charge in [0.05, 0.1) is 0 Å². The third kappa shape index (κ3) is 4.45. The van der Waals surface area contributed by atoms with Gasteiger partial charge in [0.2, 0.25) is 5.91 Å². The standard InChI is InChI=1S/C14H21FN2O/c1-11(6-8-16)14(18)17(2)9-7-12-4-3-5-13(15)10-12/h3-5,10-11H,6-9,16H2,1-2H3. The molecule has 0 spiro atoms. The molecule has 4 heteroatoms. The van der Waals surface area contributed by atoms with Gasteiger partial charge in [-0.3, -0.25) is 4.79 Å². The fourth-order valence-corrected chi connectivity index (χ4v) is 1.85. The van der Waals surface area contributed by atoms with E-state index in [0.717, 1.165) is 5.56 Å². The minimum absolute atomic E-state index is 0.0486. The average Bonchev–Trinajstić information content (AvgIpc) is 2.35. The normalized spacial score (nSPS) is 12.2. The second-order valence-corrected chi connectivity index (χ2v) is 4.62. The highest BCUT2D eigenvalue weighted by molar-refractivity contribution is 5.78. The zero-order valence-electron chi connectivity index (χ0n) is 11.0. The van der Waals surface area contributed by atoms with Crippen LogP contribution in [0.25, 0.3) is 0 Å². The molecule has 0 aliphatic rings. The molecule has 0 fully saturated rings. The molecule has 0 aliphatic carbocycles. The summed E-state index contributed by atoms with van der Waals surface area (Å²) in [6, 6.07) is 6.47. The van der Waals surface area contributed by atoms with Crippen molar-refractivity contribution in [2.75, 3.05) is 20.1 Å². The first-order valence-corrected chi connectivity index (χ1v) is 6.24. The smallest absolute Gasteiger partial charge is 0.225 e. The number of likely N-dealkylation sites (N-methyl/N-ethyl adjacent to an activating group) is 1. The van der Waals surface area contributed by atoms with Gasteiger partial charge >= 0.3 is 0 Å². The molecule has 18 heavy (non-hydrogen) atoms. The maximum Gasteiger partial charge on any atom is 0.225 e. The average molecular weight is 252 g/mol. The molecule has 2 N–H and O–H groups in total. The molecule has 0 aromatic heterocycles. The summed E-state index contributed by atoms with van der Waals surface area (Å²) in [4.78, 5) is 13.6. The third-order valence-electron chi connectivity index (χ3n) is 3.02. The zero-order chi connectivity index (χ0) is 13.5. The highest BCUT2D eigenvalue weighted by atomic mass is 19.1. The summed E-state index contributed by atoms with van der Waals surface area (Å²) in [6.07, 6.45) is 1.36. The molecule has 1 atom stereocenters. The van der Waals surface area contributed by atoms with Gasteiger partial charge in [0.1, 0.15) is 5.82 Å². The zero-order valence-corrected chi connectivity index (χ0v) is 11.0. The molecule has 0 radical (unpaired) electrons. The van der Waals surface area contributed by atoms with E-state index in [-0.39, 0.29) is 17.6 Å². The Morgan fingerprint density at radius 1 is 1.50 bits per heavy atom. The quantitative estimate of drug-likeness (QED) is 0.839. The third-order valence-corrected chi connectivity index (χ3v) is 3.02. The van der Waals surface area contributed by atoms with Gasteiger partial charge in [0.25, 0.3) is 0 Å². The van der Waals surface area contributed by atoms with E-state index in [1.165, 1.54) is 12.1 Å². The Labute approximate surface area is 108 Å². The fraction of sp³-hybridized carbons (Fsp3) is 0.500. The van der Waals surface area contributed by atoms with Crippen molar-refractivity contribution in [2.45, 2.75) is 19.8 Å². The maximum absolute atomic E-state index is 13.0. The van der Waals surface area contributed by atoms with Crippen LogP contribution in [0.2, 0.25) is 0 Å².